The van der Waals surface area contributed by atoms with Crippen molar-refractivity contribution < 1.29 is 13.6 Å². The predicted octanol–water partition coefficient (Wildman–Crippen LogP) is 4.79. The fraction of sp³-hybridized carbons (Fsp3) is 0.400. The molecule has 0 fully saturated rings. The van der Waals surface area contributed by atoms with Crippen LogP contribution < -0.4 is 10.6 Å². The number of anilines is 2. The summed E-state index contributed by atoms with van der Waals surface area (Å²) in [5.41, 5.74) is 0.568. The number of halogens is 2. The van der Waals surface area contributed by atoms with E-state index in [1.165, 1.54) is 23.1 Å². The molecule has 0 bridgehead atoms. The molecule has 1 aromatic heterocycles. The lowest BCUT2D eigenvalue weighted by Crippen LogP contribution is -2.22. The van der Waals surface area contributed by atoms with E-state index in [1.807, 2.05) is 0 Å². The highest BCUT2D eigenvalue weighted by Crippen LogP contribution is 2.30. The standard InChI is InChI=1S/C15H18F2N4OS3/c1-3-8-18-14-20-21-15(25-14)23-9(2)12(22)19-10-4-6-11(7-5-10)24-13(16)17/h4-7,9,13H,3,8H2,1-2H3,(H,18,20)(H,19,22)/t9-/m1/s1. The Kier molecular flexibility index (Phi) is 7.91. The molecule has 5 nitrogen and oxygen atoms in total. The van der Waals surface area contributed by atoms with Gasteiger partial charge in [0.2, 0.25) is 11.0 Å². The Morgan fingerprint density at radius 2 is 1.96 bits per heavy atom. The fourth-order valence-electron chi connectivity index (χ4n) is 1.73. The van der Waals surface area contributed by atoms with E-state index in [9.17, 15) is 13.6 Å². The summed E-state index contributed by atoms with van der Waals surface area (Å²) in [4.78, 5) is 12.7. The number of hydrogen-bond acceptors (Lipinski definition) is 7. The third kappa shape index (κ3) is 6.79. The normalized spacial score (nSPS) is 12.2. The van der Waals surface area contributed by atoms with Crippen LogP contribution in [0.25, 0.3) is 0 Å². The van der Waals surface area contributed by atoms with Crippen LogP contribution in [0.4, 0.5) is 19.6 Å². The van der Waals surface area contributed by atoms with Crippen LogP contribution in [0, 0.1) is 0 Å². The van der Waals surface area contributed by atoms with E-state index in [4.69, 9.17) is 0 Å². The van der Waals surface area contributed by atoms with Crippen LogP contribution in [0.1, 0.15) is 20.3 Å². The van der Waals surface area contributed by atoms with Gasteiger partial charge in [-0.1, -0.05) is 41.8 Å². The van der Waals surface area contributed by atoms with Gasteiger partial charge in [0.25, 0.3) is 5.76 Å². The largest absolute Gasteiger partial charge is 0.360 e. The third-order valence-electron chi connectivity index (χ3n) is 2.93. The van der Waals surface area contributed by atoms with Gasteiger partial charge in [-0.2, -0.15) is 8.78 Å². The van der Waals surface area contributed by atoms with Gasteiger partial charge < -0.3 is 10.6 Å². The number of hydrogen-bond donors (Lipinski definition) is 2. The second-order valence-corrected chi connectivity index (χ2v) is 8.58. The fourth-order valence-corrected chi connectivity index (χ4v) is 4.15. The summed E-state index contributed by atoms with van der Waals surface area (Å²) in [6, 6.07) is 6.33. The number of rotatable bonds is 9. The Morgan fingerprint density at radius 3 is 2.60 bits per heavy atom. The van der Waals surface area contributed by atoms with Gasteiger partial charge in [-0.15, -0.1) is 10.2 Å². The summed E-state index contributed by atoms with van der Waals surface area (Å²) in [6.45, 7) is 4.67. The number of nitrogens with one attached hydrogen (secondary N) is 2. The first-order valence-corrected chi connectivity index (χ1v) is 10.1. The molecule has 0 unspecified atom stereocenters. The van der Waals surface area contributed by atoms with Crippen LogP contribution in [-0.4, -0.2) is 33.7 Å². The predicted molar refractivity (Wildman–Crippen MR) is 101 cm³/mol. The topological polar surface area (TPSA) is 66.9 Å². The second kappa shape index (κ2) is 9.93. The van der Waals surface area contributed by atoms with Gasteiger partial charge in [0.1, 0.15) is 0 Å². The van der Waals surface area contributed by atoms with Crippen LogP contribution in [0.15, 0.2) is 33.5 Å². The molecule has 0 aliphatic heterocycles. The molecule has 0 spiro atoms. The summed E-state index contributed by atoms with van der Waals surface area (Å²) in [5.74, 6) is -2.64. The van der Waals surface area contributed by atoms with Crippen molar-refractivity contribution in [1.82, 2.24) is 10.2 Å². The zero-order chi connectivity index (χ0) is 18.2. The first-order chi connectivity index (χ1) is 12.0. The van der Waals surface area contributed by atoms with E-state index in [0.717, 1.165) is 18.1 Å². The molecule has 0 aliphatic carbocycles. The van der Waals surface area contributed by atoms with Gasteiger partial charge >= 0.3 is 0 Å². The maximum absolute atomic E-state index is 12.3. The van der Waals surface area contributed by atoms with E-state index in [1.54, 1.807) is 31.2 Å². The van der Waals surface area contributed by atoms with Crippen molar-refractivity contribution in [3.8, 4) is 0 Å². The molecule has 1 atom stereocenters. The lowest BCUT2D eigenvalue weighted by atomic mass is 10.3. The average molecular weight is 405 g/mol. The summed E-state index contributed by atoms with van der Waals surface area (Å²) in [5, 5.41) is 14.4. The number of aromatic nitrogens is 2. The first kappa shape index (κ1) is 19.9. The average Bonchev–Trinajstić information content (AvgIpc) is 3.01. The highest BCUT2D eigenvalue weighted by Gasteiger charge is 2.17. The molecule has 0 radical (unpaired) electrons. The Bertz CT molecular complexity index is 682. The highest BCUT2D eigenvalue weighted by molar-refractivity contribution is 8.02. The van der Waals surface area contributed by atoms with Crippen molar-refractivity contribution >= 4 is 51.6 Å². The molecule has 10 heteroatoms. The number of alkyl halides is 2. The second-order valence-electron chi connectivity index (χ2n) is 4.95. The Hall–Kier alpha value is -1.39. The zero-order valence-electron chi connectivity index (χ0n) is 13.7. The van der Waals surface area contributed by atoms with E-state index < -0.39 is 5.76 Å². The highest BCUT2D eigenvalue weighted by atomic mass is 32.2. The van der Waals surface area contributed by atoms with Crippen LogP contribution in [-0.2, 0) is 4.79 Å². The van der Waals surface area contributed by atoms with Crippen molar-refractivity contribution in [2.75, 3.05) is 17.2 Å². The molecular weight excluding hydrogens is 386 g/mol. The van der Waals surface area contributed by atoms with Crippen molar-refractivity contribution in [1.29, 1.82) is 0 Å². The smallest absolute Gasteiger partial charge is 0.288 e. The van der Waals surface area contributed by atoms with Crippen LogP contribution >= 0.6 is 34.9 Å². The SMILES string of the molecule is CCCNc1nnc(S[C@H](C)C(=O)Nc2ccc(SC(F)F)cc2)s1. The van der Waals surface area contributed by atoms with Crippen LogP contribution in [0.3, 0.4) is 0 Å². The Balaban J connectivity index is 1.86. The number of nitrogens with zero attached hydrogens (tertiary/aromatic N) is 2. The van der Waals surface area contributed by atoms with Crippen LogP contribution in [0.2, 0.25) is 0 Å². The molecule has 1 heterocycles. The Morgan fingerprint density at radius 1 is 1.24 bits per heavy atom. The van der Waals surface area contributed by atoms with Gasteiger partial charge in [-0.3, -0.25) is 4.79 Å². The lowest BCUT2D eigenvalue weighted by Gasteiger charge is -2.10. The van der Waals surface area contributed by atoms with Crippen molar-refractivity contribution in [2.45, 2.75) is 40.5 Å². The van der Waals surface area contributed by atoms with Gasteiger partial charge in [0.15, 0.2) is 4.34 Å². The van der Waals surface area contributed by atoms with Gasteiger partial charge in [-0.25, -0.2) is 0 Å². The monoisotopic (exact) mass is 404 g/mol. The minimum absolute atomic E-state index is 0.183. The maximum Gasteiger partial charge on any atom is 0.288 e. The number of benzene rings is 1. The number of thioether (sulfide) groups is 2. The maximum atomic E-state index is 12.3. The number of carbonyl (C=O) groups excluding carboxylic acids is 1. The van der Waals surface area contributed by atoms with E-state index in [0.29, 0.717) is 26.7 Å². The van der Waals surface area contributed by atoms with Crippen molar-refractivity contribution in [3.05, 3.63) is 24.3 Å². The van der Waals surface area contributed by atoms with Gasteiger partial charge in [-0.05, 0) is 37.6 Å². The molecule has 1 aromatic carbocycles. The van der Waals surface area contributed by atoms with Gasteiger partial charge in [0.05, 0.1) is 5.25 Å². The molecule has 2 aromatic rings. The summed E-state index contributed by atoms with van der Waals surface area (Å²) in [7, 11) is 0. The van der Waals surface area contributed by atoms with E-state index in [2.05, 4.69) is 27.8 Å². The summed E-state index contributed by atoms with van der Waals surface area (Å²) in [6.07, 6.45) is 0.996. The summed E-state index contributed by atoms with van der Waals surface area (Å²) < 4.78 is 25.3. The van der Waals surface area contributed by atoms with Crippen LogP contribution in [0.5, 0.6) is 0 Å². The van der Waals surface area contributed by atoms with Gasteiger partial charge in [0, 0.05) is 17.1 Å². The zero-order valence-corrected chi connectivity index (χ0v) is 16.1. The number of amides is 1. The quantitative estimate of drug-likeness (QED) is 0.586. The molecular formula is C15H18F2N4OS3. The first-order valence-electron chi connectivity index (χ1n) is 7.57. The minimum Gasteiger partial charge on any atom is -0.360 e. The van der Waals surface area contributed by atoms with Crippen molar-refractivity contribution in [2.24, 2.45) is 0 Å². The molecule has 0 saturated carbocycles. The Labute approximate surface area is 157 Å². The molecule has 136 valence electrons. The molecule has 2 N–H and O–H groups in total. The molecule has 0 aliphatic rings. The lowest BCUT2D eigenvalue weighted by molar-refractivity contribution is -0.115. The summed E-state index contributed by atoms with van der Waals surface area (Å²) >= 11 is 3.21. The third-order valence-corrected chi connectivity index (χ3v) is 5.71. The minimum atomic E-state index is -2.46. The van der Waals surface area contributed by atoms with E-state index in [-0.39, 0.29) is 11.2 Å². The molecule has 2 rings (SSSR count). The van der Waals surface area contributed by atoms with Crippen molar-refractivity contribution in [3.63, 3.8) is 0 Å². The molecule has 0 saturated heterocycles. The number of carbonyl (C=O) groups is 1. The molecule has 1 amide bonds. The molecule has 25 heavy (non-hydrogen) atoms. The van der Waals surface area contributed by atoms with E-state index >= 15 is 0 Å².